The van der Waals surface area contributed by atoms with Crippen LogP contribution in [0, 0.1) is 0 Å². The van der Waals surface area contributed by atoms with Crippen LogP contribution in [-0.4, -0.2) is 18.3 Å². The zero-order valence-electron chi connectivity index (χ0n) is 47.7. The number of benzene rings is 15. The van der Waals surface area contributed by atoms with Gasteiger partial charge in [-0.25, -0.2) is 0 Å². The smallest absolute Gasteiger partial charge is 0.0542 e. The van der Waals surface area contributed by atoms with Crippen LogP contribution in [0.15, 0.2) is 303 Å². The van der Waals surface area contributed by atoms with Gasteiger partial charge < -0.3 is 18.3 Å². The molecule has 19 aromatic rings. The molecule has 0 bridgehead atoms. The highest BCUT2D eigenvalue weighted by Gasteiger charge is 2.27. The molecule has 4 heteroatoms. The lowest BCUT2D eigenvalue weighted by Crippen LogP contribution is -2.02. The van der Waals surface area contributed by atoms with Crippen LogP contribution >= 0.6 is 0 Å². The van der Waals surface area contributed by atoms with E-state index in [-0.39, 0.29) is 0 Å². The second kappa shape index (κ2) is 17.9. The molecule has 0 saturated heterocycles. The number of hydrogen-bond donors (Lipinski definition) is 0. The van der Waals surface area contributed by atoms with Crippen molar-refractivity contribution in [1.29, 1.82) is 0 Å². The van der Waals surface area contributed by atoms with Gasteiger partial charge in [0.1, 0.15) is 0 Å². The molecule has 1 aliphatic carbocycles. The van der Waals surface area contributed by atoms with E-state index in [0.717, 1.165) is 22.7 Å². The molecule has 20 rings (SSSR count). The SMILES string of the molecule is c1ccc2c(c1)-c1ccc(-n3c4ccccc4c4cc(-n5c6ccccc6c6ccccc65)ccc43)cc1-c1cc3c4ccccc4c4ccccc4c3cc1-c1ccc(-n3c4ccccc4c4cc(-n5c6ccccc6c6ccccc65)ccc43)cc1-2. The topological polar surface area (TPSA) is 19.7 Å². The van der Waals surface area contributed by atoms with Crippen molar-refractivity contribution in [2.24, 2.45) is 0 Å². The molecule has 4 heterocycles. The molecule has 15 aromatic carbocycles. The van der Waals surface area contributed by atoms with E-state index >= 15 is 0 Å². The van der Waals surface area contributed by atoms with Crippen molar-refractivity contribution in [3.8, 4) is 67.3 Å². The summed E-state index contributed by atoms with van der Waals surface area (Å²) in [4.78, 5) is 0. The monoisotopic (exact) mass is 1110 g/mol. The van der Waals surface area contributed by atoms with Gasteiger partial charge in [0.15, 0.2) is 0 Å². The third-order valence-electron chi connectivity index (χ3n) is 19.5. The van der Waals surface area contributed by atoms with Gasteiger partial charge in [-0.15, -0.1) is 0 Å². The fourth-order valence-electron chi connectivity index (χ4n) is 15.8. The summed E-state index contributed by atoms with van der Waals surface area (Å²) in [5.41, 5.74) is 23.6. The molecule has 88 heavy (non-hydrogen) atoms. The van der Waals surface area contributed by atoms with E-state index in [1.807, 2.05) is 0 Å². The Hall–Kier alpha value is -11.7. The highest BCUT2D eigenvalue weighted by atomic mass is 15.0. The maximum Gasteiger partial charge on any atom is 0.0542 e. The summed E-state index contributed by atoms with van der Waals surface area (Å²) >= 11 is 0. The van der Waals surface area contributed by atoms with Crippen LogP contribution in [0.2, 0.25) is 0 Å². The van der Waals surface area contributed by atoms with Crippen molar-refractivity contribution < 1.29 is 0 Å². The summed E-state index contributed by atoms with van der Waals surface area (Å²) in [6.45, 7) is 0. The lowest BCUT2D eigenvalue weighted by Gasteiger charge is -2.26. The van der Waals surface area contributed by atoms with E-state index in [2.05, 4.69) is 322 Å². The fraction of sp³-hybridized carbons (Fsp3) is 0. The van der Waals surface area contributed by atoms with Crippen LogP contribution in [-0.2, 0) is 0 Å². The lowest BCUT2D eigenvalue weighted by atomic mass is 9.79. The molecule has 0 aliphatic heterocycles. The molecular formula is C84H50N4. The zero-order valence-corrected chi connectivity index (χ0v) is 47.7. The summed E-state index contributed by atoms with van der Waals surface area (Å²) in [6, 6.07) is 114. The molecule has 0 radical (unpaired) electrons. The average molecular weight is 1120 g/mol. The Kier molecular flexibility index (Phi) is 9.69. The first-order valence-electron chi connectivity index (χ1n) is 30.5. The standard InChI is InChI=1S/C84H50N4/c1-5-23-59-55(19-1)56-20-2-6-24-60(56)72-50-74-70-46-52(88-82-36-18-12-30-68(82)76-48-54(40-44-84(76)88)86-79-33-15-9-27-65(79)66-28-10-16-34-80(66)86)37-41-61(70)57-21-3-4-22-58(57)69-45-51(38-42-62(69)73(74)49-71(59)72)87-81-35-17-11-29-67(81)75-47-53(39-43-83(75)87)85-77-31-13-7-25-63(77)64-26-8-14-32-78(64)85/h1-50H. The van der Waals surface area contributed by atoms with Crippen LogP contribution in [0.25, 0.3) is 187 Å². The van der Waals surface area contributed by atoms with Crippen molar-refractivity contribution in [3.05, 3.63) is 303 Å². The minimum Gasteiger partial charge on any atom is -0.309 e. The first-order valence-corrected chi connectivity index (χ1v) is 30.5. The minimum atomic E-state index is 1.12. The van der Waals surface area contributed by atoms with Gasteiger partial charge in [-0.3, -0.25) is 0 Å². The molecule has 0 amide bonds. The van der Waals surface area contributed by atoms with Gasteiger partial charge in [-0.2, -0.15) is 0 Å². The highest BCUT2D eigenvalue weighted by molar-refractivity contribution is 6.27. The van der Waals surface area contributed by atoms with E-state index in [9.17, 15) is 0 Å². The number of fused-ring (bicyclic) bond motifs is 26. The molecule has 0 atom stereocenters. The summed E-state index contributed by atoms with van der Waals surface area (Å²) in [7, 11) is 0. The van der Waals surface area contributed by atoms with Crippen LogP contribution < -0.4 is 0 Å². The zero-order chi connectivity index (χ0) is 57.3. The maximum absolute atomic E-state index is 2.53. The van der Waals surface area contributed by atoms with E-state index in [0.29, 0.717) is 0 Å². The van der Waals surface area contributed by atoms with Gasteiger partial charge in [0.25, 0.3) is 0 Å². The Morgan fingerprint density at radius 1 is 0.125 bits per heavy atom. The second-order valence-electron chi connectivity index (χ2n) is 23.9. The minimum absolute atomic E-state index is 1.12. The molecule has 0 spiro atoms. The Balaban J connectivity index is 0.829. The average Bonchev–Trinajstić information content (AvgIpc) is 1.04. The van der Waals surface area contributed by atoms with Crippen molar-refractivity contribution in [2.75, 3.05) is 0 Å². The quantitative estimate of drug-likeness (QED) is 0.157. The molecule has 0 unspecified atom stereocenters. The lowest BCUT2D eigenvalue weighted by molar-refractivity contribution is 1.16. The molecule has 0 N–H and O–H groups in total. The summed E-state index contributed by atoms with van der Waals surface area (Å²) in [6.07, 6.45) is 0. The van der Waals surface area contributed by atoms with Crippen molar-refractivity contribution in [2.45, 2.75) is 0 Å². The molecule has 406 valence electrons. The van der Waals surface area contributed by atoms with Crippen molar-refractivity contribution in [3.63, 3.8) is 0 Å². The third kappa shape index (κ3) is 6.52. The second-order valence-corrected chi connectivity index (χ2v) is 23.9. The first-order chi connectivity index (χ1) is 43.7. The van der Waals surface area contributed by atoms with E-state index in [1.54, 1.807) is 0 Å². The first kappa shape index (κ1) is 47.6. The van der Waals surface area contributed by atoms with Crippen molar-refractivity contribution in [1.82, 2.24) is 18.3 Å². The van der Waals surface area contributed by atoms with Crippen LogP contribution in [0.3, 0.4) is 0 Å². The molecule has 0 fully saturated rings. The van der Waals surface area contributed by atoms with E-state index in [1.165, 1.54) is 164 Å². The predicted molar refractivity (Wildman–Crippen MR) is 372 cm³/mol. The number of aromatic nitrogens is 4. The van der Waals surface area contributed by atoms with Crippen molar-refractivity contribution >= 4 is 120 Å². The fourth-order valence-corrected chi connectivity index (χ4v) is 15.8. The molecular weight excluding hydrogens is 1060 g/mol. The summed E-state index contributed by atoms with van der Waals surface area (Å²) in [5.74, 6) is 0. The largest absolute Gasteiger partial charge is 0.309 e. The van der Waals surface area contributed by atoms with Gasteiger partial charge >= 0.3 is 0 Å². The van der Waals surface area contributed by atoms with Gasteiger partial charge in [0.2, 0.25) is 0 Å². The van der Waals surface area contributed by atoms with Crippen LogP contribution in [0.1, 0.15) is 0 Å². The van der Waals surface area contributed by atoms with Gasteiger partial charge in [0.05, 0.1) is 44.1 Å². The Bertz CT molecular complexity index is 6150. The van der Waals surface area contributed by atoms with E-state index < -0.39 is 0 Å². The van der Waals surface area contributed by atoms with Crippen LogP contribution in [0.4, 0.5) is 0 Å². The third-order valence-corrected chi connectivity index (χ3v) is 19.5. The molecule has 4 aromatic heterocycles. The molecule has 0 saturated carbocycles. The Labute approximate surface area is 505 Å². The number of rotatable bonds is 4. The Morgan fingerprint density at radius 2 is 0.341 bits per heavy atom. The highest BCUT2D eigenvalue weighted by Crippen LogP contribution is 2.52. The predicted octanol–water partition coefficient (Wildman–Crippen LogP) is 22.5. The number of para-hydroxylation sites is 6. The molecule has 4 nitrogen and oxygen atoms in total. The summed E-state index contributed by atoms with van der Waals surface area (Å²) in [5, 5.41) is 17.4. The Morgan fingerprint density at radius 3 is 0.716 bits per heavy atom. The maximum atomic E-state index is 2.53. The number of hydrogen-bond acceptors (Lipinski definition) is 0. The van der Waals surface area contributed by atoms with Gasteiger partial charge in [0, 0.05) is 65.8 Å². The summed E-state index contributed by atoms with van der Waals surface area (Å²) < 4.78 is 9.84. The number of nitrogens with zero attached hydrogens (tertiary/aromatic N) is 4. The normalized spacial score (nSPS) is 12.3. The van der Waals surface area contributed by atoms with Gasteiger partial charge in [-0.1, -0.05) is 194 Å². The van der Waals surface area contributed by atoms with Gasteiger partial charge in [-0.05, 0) is 186 Å². The molecule has 1 aliphatic rings. The van der Waals surface area contributed by atoms with Crippen LogP contribution in [0.5, 0.6) is 0 Å². The van der Waals surface area contributed by atoms with E-state index in [4.69, 9.17) is 0 Å².